The number of rotatable bonds is 2. The quantitative estimate of drug-likeness (QED) is 0.782. The first kappa shape index (κ1) is 14.8. The Morgan fingerprint density at radius 1 is 1.08 bits per heavy atom. The minimum Gasteiger partial charge on any atom is -0.301 e. The Bertz CT molecular complexity index is 940. The van der Waals surface area contributed by atoms with Gasteiger partial charge in [0.1, 0.15) is 0 Å². The maximum atomic E-state index is 12.7. The third-order valence-corrected chi connectivity index (χ3v) is 4.59. The first-order valence-corrected chi connectivity index (χ1v) is 8.59. The van der Waals surface area contributed by atoms with Crippen molar-refractivity contribution >= 4 is 33.7 Å². The van der Waals surface area contributed by atoms with Crippen molar-refractivity contribution in [2.45, 2.75) is 0 Å². The lowest BCUT2D eigenvalue weighted by Gasteiger charge is -2.10. The summed E-state index contributed by atoms with van der Waals surface area (Å²) in [7, 11) is 0. The second kappa shape index (κ2) is 6.41. The van der Waals surface area contributed by atoms with Gasteiger partial charge in [-0.3, -0.25) is 14.8 Å². The van der Waals surface area contributed by atoms with E-state index in [1.807, 2.05) is 42.5 Å². The molecule has 0 aliphatic carbocycles. The fourth-order valence-electron chi connectivity index (χ4n) is 2.58. The normalized spacial score (nSPS) is 13.8. The SMILES string of the molecule is O=C(NC1=NCCS1)c1cc(-c2ccccn2)nc2ccccc12. The number of hydrogen-bond acceptors (Lipinski definition) is 5. The van der Waals surface area contributed by atoms with E-state index in [-0.39, 0.29) is 5.91 Å². The van der Waals surface area contributed by atoms with Gasteiger partial charge in [0.2, 0.25) is 0 Å². The molecule has 3 heterocycles. The van der Waals surface area contributed by atoms with Crippen LogP contribution in [-0.2, 0) is 0 Å². The predicted octanol–water partition coefficient (Wildman–Crippen LogP) is 3.13. The van der Waals surface area contributed by atoms with Gasteiger partial charge >= 0.3 is 0 Å². The van der Waals surface area contributed by atoms with Crippen molar-refractivity contribution in [1.29, 1.82) is 0 Å². The summed E-state index contributed by atoms with van der Waals surface area (Å²) in [6, 6.07) is 15.1. The summed E-state index contributed by atoms with van der Waals surface area (Å²) in [5, 5.41) is 4.39. The highest BCUT2D eigenvalue weighted by Crippen LogP contribution is 2.24. The second-order valence-corrected chi connectivity index (χ2v) is 6.36. The van der Waals surface area contributed by atoms with Crippen LogP contribution in [0.25, 0.3) is 22.3 Å². The molecule has 0 saturated heterocycles. The standard InChI is InChI=1S/C18H14N4OS/c23-17(22-18-20-9-10-24-18)13-11-16(15-7-3-4-8-19-15)21-14-6-2-1-5-12(13)14/h1-8,11H,9-10H2,(H,20,22,23). The molecular formula is C18H14N4OS. The third kappa shape index (κ3) is 2.88. The highest BCUT2D eigenvalue weighted by Gasteiger charge is 2.17. The van der Waals surface area contributed by atoms with Gasteiger partial charge in [-0.25, -0.2) is 4.98 Å². The van der Waals surface area contributed by atoms with Crippen LogP contribution >= 0.6 is 11.8 Å². The molecule has 1 N–H and O–H groups in total. The molecule has 0 bridgehead atoms. The van der Waals surface area contributed by atoms with Crippen LogP contribution in [0.2, 0.25) is 0 Å². The number of nitrogens with zero attached hydrogens (tertiary/aromatic N) is 3. The minimum absolute atomic E-state index is 0.168. The van der Waals surface area contributed by atoms with E-state index in [4.69, 9.17) is 0 Å². The van der Waals surface area contributed by atoms with Gasteiger partial charge in [-0.2, -0.15) is 0 Å². The molecule has 0 radical (unpaired) electrons. The van der Waals surface area contributed by atoms with Crippen LogP contribution in [0.3, 0.4) is 0 Å². The molecule has 1 amide bonds. The first-order chi connectivity index (χ1) is 11.8. The number of benzene rings is 1. The summed E-state index contributed by atoms with van der Waals surface area (Å²) < 4.78 is 0. The fraction of sp³-hybridized carbons (Fsp3) is 0.111. The van der Waals surface area contributed by atoms with E-state index in [2.05, 4.69) is 20.3 Å². The van der Waals surface area contributed by atoms with E-state index in [1.54, 1.807) is 24.0 Å². The third-order valence-electron chi connectivity index (χ3n) is 3.69. The van der Waals surface area contributed by atoms with Crippen LogP contribution in [0.5, 0.6) is 0 Å². The van der Waals surface area contributed by atoms with E-state index < -0.39 is 0 Å². The average Bonchev–Trinajstić information content (AvgIpc) is 3.14. The van der Waals surface area contributed by atoms with Crippen molar-refractivity contribution in [3.8, 4) is 11.4 Å². The number of fused-ring (bicyclic) bond motifs is 1. The number of hydrogen-bond donors (Lipinski definition) is 1. The molecule has 0 unspecified atom stereocenters. The molecular weight excluding hydrogens is 320 g/mol. The predicted molar refractivity (Wildman–Crippen MR) is 97.2 cm³/mol. The largest absolute Gasteiger partial charge is 0.301 e. The van der Waals surface area contributed by atoms with Gasteiger partial charge < -0.3 is 5.32 Å². The molecule has 1 aliphatic heterocycles. The number of pyridine rings is 2. The summed E-state index contributed by atoms with van der Waals surface area (Å²) in [5.41, 5.74) is 2.77. The van der Waals surface area contributed by atoms with Crippen molar-refractivity contribution in [2.24, 2.45) is 4.99 Å². The number of amidine groups is 1. The second-order valence-electron chi connectivity index (χ2n) is 5.28. The molecule has 0 fully saturated rings. The number of aromatic nitrogens is 2. The van der Waals surface area contributed by atoms with Crippen molar-refractivity contribution in [2.75, 3.05) is 12.3 Å². The summed E-state index contributed by atoms with van der Waals surface area (Å²) in [6.07, 6.45) is 1.72. The molecule has 24 heavy (non-hydrogen) atoms. The Morgan fingerprint density at radius 3 is 2.75 bits per heavy atom. The van der Waals surface area contributed by atoms with E-state index in [0.717, 1.165) is 28.9 Å². The minimum atomic E-state index is -0.168. The van der Waals surface area contributed by atoms with E-state index in [0.29, 0.717) is 16.4 Å². The van der Waals surface area contributed by atoms with Crippen LogP contribution in [0.15, 0.2) is 59.7 Å². The lowest BCUT2D eigenvalue weighted by atomic mass is 10.1. The number of para-hydroxylation sites is 1. The monoisotopic (exact) mass is 334 g/mol. The molecule has 0 atom stereocenters. The van der Waals surface area contributed by atoms with Gasteiger partial charge in [-0.15, -0.1) is 0 Å². The molecule has 3 aromatic rings. The highest BCUT2D eigenvalue weighted by atomic mass is 32.2. The summed E-state index contributed by atoms with van der Waals surface area (Å²) in [5.74, 6) is 0.741. The summed E-state index contributed by atoms with van der Waals surface area (Å²) in [6.45, 7) is 0.747. The number of aliphatic imine (C=N–C) groups is 1. The molecule has 5 nitrogen and oxygen atoms in total. The van der Waals surface area contributed by atoms with Crippen molar-refractivity contribution in [1.82, 2.24) is 15.3 Å². The molecule has 0 saturated carbocycles. The van der Waals surface area contributed by atoms with Gasteiger partial charge in [0, 0.05) is 17.3 Å². The Kier molecular flexibility index (Phi) is 3.96. The smallest absolute Gasteiger partial charge is 0.257 e. The Morgan fingerprint density at radius 2 is 1.96 bits per heavy atom. The van der Waals surface area contributed by atoms with Crippen molar-refractivity contribution < 1.29 is 4.79 Å². The maximum absolute atomic E-state index is 12.7. The summed E-state index contributed by atoms with van der Waals surface area (Å²) >= 11 is 1.56. The lowest BCUT2D eigenvalue weighted by Crippen LogP contribution is -2.27. The van der Waals surface area contributed by atoms with Crippen LogP contribution in [0.1, 0.15) is 10.4 Å². The van der Waals surface area contributed by atoms with E-state index in [9.17, 15) is 4.79 Å². The zero-order valence-corrected chi connectivity index (χ0v) is 13.6. The first-order valence-electron chi connectivity index (χ1n) is 7.61. The highest BCUT2D eigenvalue weighted by molar-refractivity contribution is 8.14. The van der Waals surface area contributed by atoms with Gasteiger partial charge in [0.15, 0.2) is 5.17 Å². The van der Waals surface area contributed by atoms with Gasteiger partial charge in [-0.1, -0.05) is 36.0 Å². The maximum Gasteiger partial charge on any atom is 0.257 e. The van der Waals surface area contributed by atoms with Gasteiger partial charge in [0.05, 0.1) is 29.0 Å². The zero-order valence-electron chi connectivity index (χ0n) is 12.8. The molecule has 6 heteroatoms. The molecule has 118 valence electrons. The number of carbonyl (C=O) groups is 1. The zero-order chi connectivity index (χ0) is 16.4. The lowest BCUT2D eigenvalue weighted by molar-refractivity contribution is 0.0979. The Hall–Kier alpha value is -2.73. The topological polar surface area (TPSA) is 67.2 Å². The van der Waals surface area contributed by atoms with Crippen molar-refractivity contribution in [3.05, 3.63) is 60.3 Å². The van der Waals surface area contributed by atoms with Crippen molar-refractivity contribution in [3.63, 3.8) is 0 Å². The van der Waals surface area contributed by atoms with Crippen LogP contribution < -0.4 is 5.32 Å². The fourth-order valence-corrected chi connectivity index (χ4v) is 3.31. The van der Waals surface area contributed by atoms with Crippen LogP contribution in [0, 0.1) is 0 Å². The van der Waals surface area contributed by atoms with E-state index in [1.165, 1.54) is 0 Å². The summed E-state index contributed by atoms with van der Waals surface area (Å²) in [4.78, 5) is 26.0. The van der Waals surface area contributed by atoms with E-state index >= 15 is 0 Å². The number of nitrogens with one attached hydrogen (secondary N) is 1. The Balaban J connectivity index is 1.82. The van der Waals surface area contributed by atoms with Crippen LogP contribution in [0.4, 0.5) is 0 Å². The van der Waals surface area contributed by atoms with Crippen LogP contribution in [-0.4, -0.2) is 33.3 Å². The molecule has 4 rings (SSSR count). The number of thioether (sulfide) groups is 1. The van der Waals surface area contributed by atoms with Gasteiger partial charge in [0.25, 0.3) is 5.91 Å². The average molecular weight is 334 g/mol. The number of amides is 1. The molecule has 1 aliphatic rings. The number of carbonyl (C=O) groups excluding carboxylic acids is 1. The Labute approximate surface area is 143 Å². The molecule has 1 aromatic carbocycles. The molecule has 0 spiro atoms. The molecule has 2 aromatic heterocycles. The van der Waals surface area contributed by atoms with Gasteiger partial charge in [-0.05, 0) is 24.3 Å².